The van der Waals surface area contributed by atoms with E-state index in [-0.39, 0.29) is 11.6 Å². The summed E-state index contributed by atoms with van der Waals surface area (Å²) in [6.07, 6.45) is 10.1. The average molecular weight is 518 g/mol. The number of hydrogen-bond donors (Lipinski definition) is 3. The van der Waals surface area contributed by atoms with E-state index >= 15 is 0 Å². The molecule has 5 rings (SSSR count). The Bertz CT molecular complexity index is 1430. The van der Waals surface area contributed by atoms with Gasteiger partial charge in [-0.3, -0.25) is 9.78 Å². The second-order valence-electron chi connectivity index (χ2n) is 10.7. The number of pyridine rings is 2. The Morgan fingerprint density at radius 2 is 2.03 bits per heavy atom. The van der Waals surface area contributed by atoms with E-state index in [0.29, 0.717) is 36.9 Å². The lowest BCUT2D eigenvalue weighted by Gasteiger charge is -2.34. The van der Waals surface area contributed by atoms with Crippen LogP contribution in [-0.4, -0.2) is 55.6 Å². The average Bonchev–Trinajstić information content (AvgIpc) is 3.54. The molecule has 0 saturated carbocycles. The molecule has 1 aliphatic rings. The van der Waals surface area contributed by atoms with Crippen LogP contribution in [0.5, 0.6) is 0 Å². The normalized spacial score (nSPS) is 14.8. The van der Waals surface area contributed by atoms with Gasteiger partial charge in [0.15, 0.2) is 5.69 Å². The van der Waals surface area contributed by atoms with Crippen LogP contribution in [0.2, 0.25) is 0 Å². The highest BCUT2D eigenvalue weighted by molar-refractivity contribution is 6.04. The number of nitrogens with two attached hydrogens (primary N) is 1. The zero-order valence-electron chi connectivity index (χ0n) is 22.1. The molecule has 1 fully saturated rings. The Balaban J connectivity index is 1.43. The van der Waals surface area contributed by atoms with Gasteiger partial charge < -0.3 is 29.9 Å². The van der Waals surface area contributed by atoms with E-state index in [9.17, 15) is 9.90 Å². The Labute approximate surface area is 221 Å². The van der Waals surface area contributed by atoms with Crippen LogP contribution in [0.1, 0.15) is 55.0 Å². The number of rotatable bonds is 8. The first-order valence-electron chi connectivity index (χ1n) is 13.1. The van der Waals surface area contributed by atoms with Gasteiger partial charge in [0, 0.05) is 49.0 Å². The van der Waals surface area contributed by atoms with Crippen molar-refractivity contribution >= 4 is 22.9 Å². The second-order valence-corrected chi connectivity index (χ2v) is 10.7. The highest BCUT2D eigenvalue weighted by Gasteiger charge is 2.23. The number of carbonyl (C=O) groups excluding carboxylic acids is 1. The van der Waals surface area contributed by atoms with Crippen LogP contribution >= 0.6 is 0 Å². The summed E-state index contributed by atoms with van der Waals surface area (Å²) in [4.78, 5) is 29.0. The van der Waals surface area contributed by atoms with Gasteiger partial charge in [-0.1, -0.05) is 0 Å². The number of nitrogens with zero attached hydrogens (tertiary/aromatic N) is 5. The van der Waals surface area contributed by atoms with Gasteiger partial charge >= 0.3 is 0 Å². The molecule has 4 aromatic rings. The molecule has 0 spiro atoms. The Morgan fingerprint density at radius 3 is 2.74 bits per heavy atom. The third-order valence-electron chi connectivity index (χ3n) is 7.03. The van der Waals surface area contributed by atoms with Crippen molar-refractivity contribution in [2.45, 2.75) is 52.1 Å². The van der Waals surface area contributed by atoms with Gasteiger partial charge in [-0.25, -0.2) is 9.97 Å². The number of carbonyl (C=O) groups is 1. The van der Waals surface area contributed by atoms with Crippen molar-refractivity contribution in [3.8, 4) is 11.5 Å². The fraction of sp³-hybridized carbons (Fsp3) is 0.429. The summed E-state index contributed by atoms with van der Waals surface area (Å²) in [5.74, 6) is 0.523. The highest BCUT2D eigenvalue weighted by Crippen LogP contribution is 2.32. The number of aromatic nitrogens is 4. The largest absolute Gasteiger partial charge is 0.444 e. The Morgan fingerprint density at radius 1 is 1.24 bits per heavy atom. The molecule has 4 aromatic heterocycles. The minimum absolute atomic E-state index is 0.193. The lowest BCUT2D eigenvalue weighted by atomic mass is 9.96. The lowest BCUT2D eigenvalue weighted by Crippen LogP contribution is -2.36. The maximum atomic E-state index is 13.3. The van der Waals surface area contributed by atoms with Crippen LogP contribution in [0.3, 0.4) is 0 Å². The predicted octanol–water partition coefficient (Wildman–Crippen LogP) is 3.82. The van der Waals surface area contributed by atoms with Gasteiger partial charge in [0.2, 0.25) is 5.89 Å². The van der Waals surface area contributed by atoms with Gasteiger partial charge in [0.1, 0.15) is 11.9 Å². The minimum Gasteiger partial charge on any atom is -0.444 e. The van der Waals surface area contributed by atoms with Crippen LogP contribution in [-0.2, 0) is 6.42 Å². The van der Waals surface area contributed by atoms with Crippen molar-refractivity contribution in [1.29, 1.82) is 0 Å². The first kappa shape index (κ1) is 25.9. The molecule has 4 N–H and O–H groups in total. The molecule has 200 valence electrons. The molecule has 10 nitrogen and oxygen atoms in total. The number of imidazole rings is 1. The van der Waals surface area contributed by atoms with E-state index < -0.39 is 5.60 Å². The molecule has 1 saturated heterocycles. The van der Waals surface area contributed by atoms with Crippen molar-refractivity contribution in [1.82, 2.24) is 19.4 Å². The van der Waals surface area contributed by atoms with Crippen molar-refractivity contribution in [3.05, 3.63) is 60.1 Å². The van der Waals surface area contributed by atoms with E-state index in [1.807, 2.05) is 35.9 Å². The molecule has 0 unspecified atom stereocenters. The van der Waals surface area contributed by atoms with Gasteiger partial charge in [0.05, 0.1) is 22.7 Å². The number of fused-ring (bicyclic) bond motifs is 1. The molecule has 10 heteroatoms. The first-order chi connectivity index (χ1) is 18.2. The van der Waals surface area contributed by atoms with E-state index in [1.54, 1.807) is 26.1 Å². The number of amides is 1. The van der Waals surface area contributed by atoms with Gasteiger partial charge in [-0.2, -0.15) is 0 Å². The molecule has 1 amide bonds. The van der Waals surface area contributed by atoms with Crippen molar-refractivity contribution in [3.63, 3.8) is 0 Å². The summed E-state index contributed by atoms with van der Waals surface area (Å²) < 4.78 is 7.52. The molecule has 38 heavy (non-hydrogen) atoms. The van der Waals surface area contributed by atoms with Crippen LogP contribution in [0.4, 0.5) is 11.4 Å². The number of aliphatic hydroxyl groups is 1. The van der Waals surface area contributed by atoms with Gasteiger partial charge in [-0.15, -0.1) is 0 Å². The van der Waals surface area contributed by atoms with Gasteiger partial charge in [-0.05, 0) is 71.0 Å². The van der Waals surface area contributed by atoms with Gasteiger partial charge in [0.25, 0.3) is 5.91 Å². The SMILES string of the molecule is Cc1cc(-c2nc(C(=O)Nc3cn4cc(CCC(C)(C)O)nc4cc3N3CCC(CN)CC3)co2)ccn1. The maximum Gasteiger partial charge on any atom is 0.277 e. The summed E-state index contributed by atoms with van der Waals surface area (Å²) in [6.45, 7) is 7.87. The van der Waals surface area contributed by atoms with Crippen LogP contribution in [0.15, 0.2) is 47.5 Å². The number of piperidine rings is 1. The third kappa shape index (κ3) is 5.87. The molecular weight excluding hydrogens is 482 g/mol. The van der Waals surface area contributed by atoms with E-state index in [0.717, 1.165) is 54.2 Å². The number of nitrogens with one attached hydrogen (secondary N) is 1. The Kier molecular flexibility index (Phi) is 7.18. The quantitative estimate of drug-likeness (QED) is 0.321. The van der Waals surface area contributed by atoms with Crippen LogP contribution in [0.25, 0.3) is 17.1 Å². The number of anilines is 2. The molecule has 0 atom stereocenters. The molecule has 0 aliphatic carbocycles. The topological polar surface area (TPSA) is 135 Å². The standard InChI is InChI=1S/C28H35N7O3/c1-18-12-20(5-9-30-18)27-33-23(17-38-27)26(36)32-22-16-35-15-21(4-8-28(2,3)37)31-25(35)13-24(22)34-10-6-19(14-29)7-11-34/h5,9,12-13,15-17,19,37H,4,6-8,10-11,14,29H2,1-3H3,(H,32,36). The van der Waals surface area contributed by atoms with E-state index in [4.69, 9.17) is 15.1 Å². The first-order valence-corrected chi connectivity index (χ1v) is 13.1. The number of aryl methyl sites for hydroxylation is 2. The fourth-order valence-corrected chi connectivity index (χ4v) is 4.77. The van der Waals surface area contributed by atoms with Crippen molar-refractivity contribution in [2.75, 3.05) is 29.9 Å². The minimum atomic E-state index is -0.765. The van der Waals surface area contributed by atoms with E-state index in [1.165, 1.54) is 6.26 Å². The molecule has 1 aliphatic heterocycles. The van der Waals surface area contributed by atoms with Crippen molar-refractivity contribution in [2.24, 2.45) is 11.7 Å². The number of oxazole rings is 1. The summed E-state index contributed by atoms with van der Waals surface area (Å²) in [5, 5.41) is 13.2. The van der Waals surface area contributed by atoms with Crippen LogP contribution < -0.4 is 16.0 Å². The Hall–Kier alpha value is -3.76. The molecular formula is C28H35N7O3. The third-order valence-corrected chi connectivity index (χ3v) is 7.03. The summed E-state index contributed by atoms with van der Waals surface area (Å²) in [5.41, 5.74) is 10.2. The smallest absolute Gasteiger partial charge is 0.277 e. The lowest BCUT2D eigenvalue weighted by molar-refractivity contribution is 0.0711. The molecule has 0 aromatic carbocycles. The van der Waals surface area contributed by atoms with Crippen LogP contribution in [0, 0.1) is 12.8 Å². The van der Waals surface area contributed by atoms with Crippen molar-refractivity contribution < 1.29 is 14.3 Å². The molecule has 0 bridgehead atoms. The fourth-order valence-electron chi connectivity index (χ4n) is 4.77. The monoisotopic (exact) mass is 517 g/mol. The maximum absolute atomic E-state index is 13.3. The molecule has 5 heterocycles. The second kappa shape index (κ2) is 10.5. The summed E-state index contributed by atoms with van der Waals surface area (Å²) >= 11 is 0. The number of hydrogen-bond acceptors (Lipinski definition) is 8. The predicted molar refractivity (Wildman–Crippen MR) is 146 cm³/mol. The summed E-state index contributed by atoms with van der Waals surface area (Å²) in [6, 6.07) is 5.67. The highest BCUT2D eigenvalue weighted by atomic mass is 16.3. The molecule has 0 radical (unpaired) electrons. The zero-order valence-corrected chi connectivity index (χ0v) is 22.1. The summed E-state index contributed by atoms with van der Waals surface area (Å²) in [7, 11) is 0. The zero-order chi connectivity index (χ0) is 26.9. The van der Waals surface area contributed by atoms with E-state index in [2.05, 4.69) is 20.2 Å².